The number of nitrogens with zero attached hydrogens (tertiary/aromatic N) is 2. The maximum atomic E-state index is 12.7. The van der Waals surface area contributed by atoms with Crippen molar-refractivity contribution in [2.45, 2.75) is 12.6 Å². The molecule has 0 N–H and O–H groups in total. The van der Waals surface area contributed by atoms with Gasteiger partial charge < -0.3 is 18.8 Å². The zero-order valence-electron chi connectivity index (χ0n) is 14.8. The highest BCUT2D eigenvalue weighted by molar-refractivity contribution is 7.16. The predicted molar refractivity (Wildman–Crippen MR) is 103 cm³/mol. The van der Waals surface area contributed by atoms with Crippen LogP contribution in [0.1, 0.15) is 0 Å². The molecule has 0 fully saturated rings. The third-order valence-corrected chi connectivity index (χ3v) is 5.23. The van der Waals surface area contributed by atoms with Gasteiger partial charge in [0.2, 0.25) is 6.10 Å². The lowest BCUT2D eigenvalue weighted by Gasteiger charge is -2.23. The Labute approximate surface area is 159 Å². The number of hydrogen-bond donors (Lipinski definition) is 0. The molecule has 0 aliphatic carbocycles. The van der Waals surface area contributed by atoms with Crippen LogP contribution in [-0.4, -0.2) is 30.3 Å². The average Bonchev–Trinajstić information content (AvgIpc) is 3.04. The summed E-state index contributed by atoms with van der Waals surface area (Å²) in [6.45, 7) is 4.48. The van der Waals surface area contributed by atoms with E-state index in [4.69, 9.17) is 14.2 Å². The van der Waals surface area contributed by atoms with Crippen molar-refractivity contribution >= 4 is 27.5 Å². The number of amides is 1. The van der Waals surface area contributed by atoms with Crippen molar-refractivity contribution < 1.29 is 19.0 Å². The van der Waals surface area contributed by atoms with Gasteiger partial charge in [0, 0.05) is 6.54 Å². The number of carbonyl (C=O) groups excluding carboxylic acids is 1. The van der Waals surface area contributed by atoms with Gasteiger partial charge in [-0.05, 0) is 30.3 Å². The van der Waals surface area contributed by atoms with Crippen LogP contribution in [0.25, 0.3) is 10.2 Å². The molecule has 3 aromatic rings. The monoisotopic (exact) mass is 382 g/mol. The van der Waals surface area contributed by atoms with Crippen LogP contribution in [0.4, 0.5) is 0 Å². The van der Waals surface area contributed by atoms with Crippen molar-refractivity contribution in [3.63, 3.8) is 0 Å². The number of hydrogen-bond acceptors (Lipinski definition) is 5. The molecule has 4 rings (SSSR count). The minimum atomic E-state index is -0.767. The second-order valence-corrected chi connectivity index (χ2v) is 6.94. The fourth-order valence-electron chi connectivity index (χ4n) is 2.88. The zero-order chi connectivity index (χ0) is 18.8. The largest absolute Gasteiger partial charge is 0.497 e. The summed E-state index contributed by atoms with van der Waals surface area (Å²) in [6, 6.07) is 13.0. The third-order valence-electron chi connectivity index (χ3n) is 4.19. The first-order valence-electron chi connectivity index (χ1n) is 8.45. The van der Waals surface area contributed by atoms with E-state index in [1.807, 2.05) is 41.0 Å². The first-order valence-corrected chi connectivity index (χ1v) is 9.26. The van der Waals surface area contributed by atoms with E-state index in [-0.39, 0.29) is 12.5 Å². The number of carbonyl (C=O) groups is 1. The Morgan fingerprint density at radius 3 is 2.96 bits per heavy atom. The second-order valence-electron chi connectivity index (χ2n) is 5.93. The first-order chi connectivity index (χ1) is 13.2. The van der Waals surface area contributed by atoms with Crippen LogP contribution >= 0.6 is 11.3 Å². The maximum Gasteiger partial charge on any atom is 0.292 e. The fourth-order valence-corrected chi connectivity index (χ4v) is 3.95. The van der Waals surface area contributed by atoms with Crippen LogP contribution < -0.4 is 19.0 Å². The number of rotatable bonds is 4. The summed E-state index contributed by atoms with van der Waals surface area (Å²) in [4.78, 5) is 17.6. The topological polar surface area (TPSA) is 62.1 Å². The van der Waals surface area contributed by atoms with E-state index in [9.17, 15) is 4.79 Å². The highest BCUT2D eigenvalue weighted by atomic mass is 32.1. The lowest BCUT2D eigenvalue weighted by Crippen LogP contribution is -2.36. The molecule has 0 unspecified atom stereocenters. The summed E-state index contributed by atoms with van der Waals surface area (Å²) in [6.07, 6.45) is 1.01. The molecule has 1 aliphatic heterocycles. The molecule has 2 heterocycles. The summed E-state index contributed by atoms with van der Waals surface area (Å²) in [7, 11) is 1.62. The van der Waals surface area contributed by atoms with E-state index in [0.717, 1.165) is 16.0 Å². The van der Waals surface area contributed by atoms with Gasteiger partial charge in [0.05, 0.1) is 17.3 Å². The summed E-state index contributed by atoms with van der Waals surface area (Å²) in [5.41, 5.74) is 0.971. The smallest absolute Gasteiger partial charge is 0.292 e. The lowest BCUT2D eigenvalue weighted by atomic mass is 10.2. The van der Waals surface area contributed by atoms with Crippen LogP contribution in [0.3, 0.4) is 0 Å². The Bertz CT molecular complexity index is 1080. The third kappa shape index (κ3) is 3.33. The number of methoxy groups -OCH3 is 1. The highest BCUT2D eigenvalue weighted by Crippen LogP contribution is 2.31. The van der Waals surface area contributed by atoms with Crippen molar-refractivity contribution in [2.24, 2.45) is 4.99 Å². The molecule has 0 spiro atoms. The first kappa shape index (κ1) is 17.4. The molecule has 0 bridgehead atoms. The molecule has 7 heteroatoms. The van der Waals surface area contributed by atoms with Crippen LogP contribution in [0.2, 0.25) is 0 Å². The SMILES string of the molecule is C=CCn1c(=NC(=O)[C@H]2COc3ccccc3O2)sc2cc(OC)ccc21. The second kappa shape index (κ2) is 7.28. The molecule has 6 nitrogen and oxygen atoms in total. The molecule has 1 amide bonds. The molecular formula is C20H18N2O4S. The molecular weight excluding hydrogens is 364 g/mol. The number of aromatic nitrogens is 1. The lowest BCUT2D eigenvalue weighted by molar-refractivity contribution is -0.127. The van der Waals surface area contributed by atoms with E-state index >= 15 is 0 Å². The van der Waals surface area contributed by atoms with Gasteiger partial charge >= 0.3 is 0 Å². The molecule has 1 aromatic heterocycles. The predicted octanol–water partition coefficient (Wildman–Crippen LogP) is 3.16. The van der Waals surface area contributed by atoms with Crippen molar-refractivity contribution in [3.05, 3.63) is 59.9 Å². The highest BCUT2D eigenvalue weighted by Gasteiger charge is 2.27. The van der Waals surface area contributed by atoms with Gasteiger partial charge in [-0.25, -0.2) is 0 Å². The van der Waals surface area contributed by atoms with Crippen molar-refractivity contribution in [2.75, 3.05) is 13.7 Å². The van der Waals surface area contributed by atoms with E-state index in [1.54, 1.807) is 19.3 Å². The normalized spacial score (nSPS) is 16.3. The molecule has 27 heavy (non-hydrogen) atoms. The summed E-state index contributed by atoms with van der Waals surface area (Å²) in [5, 5.41) is 0. The Kier molecular flexibility index (Phi) is 4.68. The van der Waals surface area contributed by atoms with Gasteiger partial charge in [-0.15, -0.1) is 6.58 Å². The maximum absolute atomic E-state index is 12.7. The van der Waals surface area contributed by atoms with Gasteiger partial charge in [0.15, 0.2) is 16.3 Å². The van der Waals surface area contributed by atoms with Gasteiger partial charge in [0.1, 0.15) is 12.4 Å². The fraction of sp³-hybridized carbons (Fsp3) is 0.200. The molecule has 1 aliphatic rings. The minimum Gasteiger partial charge on any atom is -0.497 e. The molecule has 2 aromatic carbocycles. The molecule has 1 atom stereocenters. The number of para-hydroxylation sites is 2. The summed E-state index contributed by atoms with van der Waals surface area (Å²) >= 11 is 1.42. The molecule has 138 valence electrons. The Morgan fingerprint density at radius 1 is 1.37 bits per heavy atom. The number of fused-ring (bicyclic) bond motifs is 2. The Morgan fingerprint density at radius 2 is 2.19 bits per heavy atom. The quantitative estimate of drug-likeness (QED) is 0.651. The van der Waals surface area contributed by atoms with E-state index in [0.29, 0.717) is 22.8 Å². The van der Waals surface area contributed by atoms with E-state index < -0.39 is 6.10 Å². The zero-order valence-corrected chi connectivity index (χ0v) is 15.6. The van der Waals surface area contributed by atoms with Crippen molar-refractivity contribution in [1.82, 2.24) is 4.57 Å². The van der Waals surface area contributed by atoms with Crippen molar-refractivity contribution in [3.8, 4) is 17.2 Å². The van der Waals surface area contributed by atoms with E-state index in [1.165, 1.54) is 11.3 Å². The van der Waals surface area contributed by atoms with Gasteiger partial charge in [0.25, 0.3) is 5.91 Å². The Balaban J connectivity index is 1.70. The number of ether oxygens (including phenoxy) is 3. The number of thiazole rings is 1. The number of benzene rings is 2. The van der Waals surface area contributed by atoms with Crippen LogP contribution in [0.5, 0.6) is 17.2 Å². The van der Waals surface area contributed by atoms with Gasteiger partial charge in [-0.1, -0.05) is 29.5 Å². The average molecular weight is 382 g/mol. The van der Waals surface area contributed by atoms with Gasteiger partial charge in [-0.3, -0.25) is 4.79 Å². The van der Waals surface area contributed by atoms with Crippen LogP contribution in [0.15, 0.2) is 60.1 Å². The molecule has 0 saturated carbocycles. The molecule has 0 saturated heterocycles. The van der Waals surface area contributed by atoms with Crippen LogP contribution in [0, 0.1) is 0 Å². The summed E-state index contributed by atoms with van der Waals surface area (Å²) in [5.74, 6) is 1.57. The van der Waals surface area contributed by atoms with Crippen LogP contribution in [-0.2, 0) is 11.3 Å². The van der Waals surface area contributed by atoms with E-state index in [2.05, 4.69) is 11.6 Å². The minimum absolute atomic E-state index is 0.138. The van der Waals surface area contributed by atoms with Gasteiger partial charge in [-0.2, -0.15) is 4.99 Å². The number of allylic oxidation sites excluding steroid dienone is 1. The van der Waals surface area contributed by atoms with Crippen molar-refractivity contribution in [1.29, 1.82) is 0 Å². The molecule has 0 radical (unpaired) electrons. The summed E-state index contributed by atoms with van der Waals surface area (Å²) < 4.78 is 19.6. The Hall–Kier alpha value is -3.06. The standard InChI is InChI=1S/C20H18N2O4S/c1-3-10-22-14-9-8-13(24-2)11-18(14)27-20(22)21-19(23)17-12-25-15-6-4-5-7-16(15)26-17/h3-9,11,17H,1,10,12H2,2H3/t17-/m1/s1.